The molecule has 1 N–H and O–H groups in total. The molecule has 2 aliphatic rings. The molecule has 31 heavy (non-hydrogen) atoms. The second kappa shape index (κ2) is 10.2. The Balaban J connectivity index is 0.00000272. The van der Waals surface area contributed by atoms with Gasteiger partial charge in [-0.3, -0.25) is 9.69 Å². The Hall–Kier alpha value is -1.88. The highest BCUT2D eigenvalue weighted by molar-refractivity contribution is 6.30. The van der Waals surface area contributed by atoms with Gasteiger partial charge in [-0.15, -0.1) is 12.4 Å². The Morgan fingerprint density at radius 3 is 2.74 bits per heavy atom. The van der Waals surface area contributed by atoms with Crippen LogP contribution in [-0.4, -0.2) is 30.4 Å². The Morgan fingerprint density at radius 2 is 2.03 bits per heavy atom. The summed E-state index contributed by atoms with van der Waals surface area (Å²) in [6, 6.07) is 12.7. The smallest absolute Gasteiger partial charge is 0.235 e. The van der Waals surface area contributed by atoms with E-state index >= 15 is 0 Å². The molecule has 0 saturated carbocycles. The first-order valence-electron chi connectivity index (χ1n) is 10.8. The van der Waals surface area contributed by atoms with E-state index in [1.165, 1.54) is 23.3 Å². The number of unbranched alkanes of at least 4 members (excludes halogenated alkanes) is 1. The maximum atomic E-state index is 13.5. The molecule has 1 atom stereocenters. The largest absolute Gasteiger partial charge is 0.325 e. The third-order valence-corrected chi connectivity index (χ3v) is 6.84. The first-order valence-corrected chi connectivity index (χ1v) is 11.2. The standard InChI is InChI=1S/C25H28ClFN2O.ClH/c1-2-25(22-9-8-21(27)17-23(22)28-24(25)30)12-3-4-13-29-14-10-18(11-15-29)19-6-5-7-20(26)16-19;/h5-10,16-17H,2-4,11-15H2,1H3,(H,28,30);1H. The molecular formula is C25H29Cl2FN2O. The SMILES string of the molecule is CCC1(CCCCN2CC=C(c3cccc(Cl)c3)CC2)C(=O)Nc2cc(F)ccc21.Cl. The average Bonchev–Trinajstić information content (AvgIpc) is 3.02. The molecule has 6 heteroatoms. The molecular weight excluding hydrogens is 434 g/mol. The van der Waals surface area contributed by atoms with Crippen LogP contribution in [0, 0.1) is 5.82 Å². The number of fused-ring (bicyclic) bond motifs is 1. The summed E-state index contributed by atoms with van der Waals surface area (Å²) in [6.45, 7) is 5.06. The van der Waals surface area contributed by atoms with E-state index in [1.807, 2.05) is 25.1 Å². The molecule has 166 valence electrons. The van der Waals surface area contributed by atoms with Crippen molar-refractivity contribution in [2.75, 3.05) is 25.0 Å². The summed E-state index contributed by atoms with van der Waals surface area (Å²) in [6.07, 6.45) is 6.88. The van der Waals surface area contributed by atoms with Gasteiger partial charge in [0.05, 0.1) is 5.41 Å². The molecule has 0 spiro atoms. The van der Waals surface area contributed by atoms with Crippen LogP contribution in [0.5, 0.6) is 0 Å². The number of nitrogens with one attached hydrogen (secondary N) is 1. The van der Waals surface area contributed by atoms with Gasteiger partial charge in [-0.25, -0.2) is 4.39 Å². The van der Waals surface area contributed by atoms with Crippen LogP contribution >= 0.6 is 24.0 Å². The number of benzene rings is 2. The summed E-state index contributed by atoms with van der Waals surface area (Å²) in [7, 11) is 0. The lowest BCUT2D eigenvalue weighted by Gasteiger charge is -2.28. The van der Waals surface area contributed by atoms with Crippen molar-refractivity contribution in [1.29, 1.82) is 0 Å². The zero-order valence-electron chi connectivity index (χ0n) is 17.8. The first-order chi connectivity index (χ1) is 14.5. The van der Waals surface area contributed by atoms with Gasteiger partial charge in [0.2, 0.25) is 5.91 Å². The highest BCUT2D eigenvalue weighted by Crippen LogP contribution is 2.44. The third kappa shape index (κ3) is 4.97. The maximum Gasteiger partial charge on any atom is 0.235 e. The van der Waals surface area contributed by atoms with Crippen LogP contribution in [0.4, 0.5) is 10.1 Å². The summed E-state index contributed by atoms with van der Waals surface area (Å²) >= 11 is 6.12. The Bertz CT molecular complexity index is 978. The van der Waals surface area contributed by atoms with Crippen molar-refractivity contribution < 1.29 is 9.18 Å². The van der Waals surface area contributed by atoms with E-state index in [2.05, 4.69) is 22.4 Å². The Labute approximate surface area is 195 Å². The van der Waals surface area contributed by atoms with Crippen molar-refractivity contribution in [3.05, 3.63) is 70.5 Å². The molecule has 2 heterocycles. The number of carbonyl (C=O) groups excluding carboxylic acids is 1. The van der Waals surface area contributed by atoms with Gasteiger partial charge in [0, 0.05) is 23.8 Å². The lowest BCUT2D eigenvalue weighted by Crippen LogP contribution is -2.34. The average molecular weight is 463 g/mol. The maximum absolute atomic E-state index is 13.5. The molecule has 1 unspecified atom stereocenters. The van der Waals surface area contributed by atoms with Crippen molar-refractivity contribution in [2.45, 2.75) is 44.4 Å². The zero-order chi connectivity index (χ0) is 21.1. The Kier molecular flexibility index (Phi) is 7.79. The lowest BCUT2D eigenvalue weighted by molar-refractivity contribution is -0.121. The number of hydrogen-bond acceptors (Lipinski definition) is 2. The van der Waals surface area contributed by atoms with Crippen LogP contribution in [0.25, 0.3) is 5.57 Å². The van der Waals surface area contributed by atoms with Gasteiger partial charge in [0.1, 0.15) is 5.82 Å². The van der Waals surface area contributed by atoms with Crippen molar-refractivity contribution in [2.24, 2.45) is 0 Å². The van der Waals surface area contributed by atoms with Crippen LogP contribution < -0.4 is 5.32 Å². The quantitative estimate of drug-likeness (QED) is 0.478. The molecule has 4 rings (SSSR count). The van der Waals surface area contributed by atoms with E-state index in [0.717, 1.165) is 62.3 Å². The third-order valence-electron chi connectivity index (χ3n) is 6.60. The monoisotopic (exact) mass is 462 g/mol. The molecule has 0 aromatic heterocycles. The first kappa shape index (κ1) is 23.8. The van der Waals surface area contributed by atoms with Crippen LogP contribution in [0.1, 0.15) is 50.2 Å². The molecule has 2 aromatic rings. The van der Waals surface area contributed by atoms with Crippen molar-refractivity contribution in [3.63, 3.8) is 0 Å². The van der Waals surface area contributed by atoms with Crippen LogP contribution in [0.2, 0.25) is 5.02 Å². The summed E-state index contributed by atoms with van der Waals surface area (Å²) < 4.78 is 13.5. The van der Waals surface area contributed by atoms with Crippen LogP contribution in [-0.2, 0) is 10.2 Å². The number of anilines is 1. The molecule has 2 aliphatic heterocycles. The zero-order valence-corrected chi connectivity index (χ0v) is 19.4. The van der Waals surface area contributed by atoms with Gasteiger partial charge in [-0.1, -0.05) is 49.2 Å². The summed E-state index contributed by atoms with van der Waals surface area (Å²) in [5.74, 6) is -0.297. The molecule has 1 amide bonds. The number of halogens is 3. The molecule has 0 saturated heterocycles. The van der Waals surface area contributed by atoms with Gasteiger partial charge in [-0.2, -0.15) is 0 Å². The predicted molar refractivity (Wildman–Crippen MR) is 129 cm³/mol. The Morgan fingerprint density at radius 1 is 1.19 bits per heavy atom. The predicted octanol–water partition coefficient (Wildman–Crippen LogP) is 6.46. The topological polar surface area (TPSA) is 32.3 Å². The lowest BCUT2D eigenvalue weighted by atomic mass is 9.75. The normalized spacial score (nSPS) is 20.6. The van der Waals surface area contributed by atoms with Gasteiger partial charge in [0.15, 0.2) is 0 Å². The van der Waals surface area contributed by atoms with E-state index in [9.17, 15) is 9.18 Å². The highest BCUT2D eigenvalue weighted by atomic mass is 35.5. The number of hydrogen-bond donors (Lipinski definition) is 1. The molecule has 0 fully saturated rings. The van der Waals surface area contributed by atoms with E-state index in [0.29, 0.717) is 5.69 Å². The van der Waals surface area contributed by atoms with Gasteiger partial charge < -0.3 is 5.32 Å². The minimum atomic E-state index is -0.523. The second-order valence-corrected chi connectivity index (χ2v) is 8.76. The molecule has 0 radical (unpaired) electrons. The van der Waals surface area contributed by atoms with Gasteiger partial charge in [-0.05, 0) is 73.2 Å². The minimum absolute atomic E-state index is 0. The van der Waals surface area contributed by atoms with Crippen molar-refractivity contribution >= 4 is 41.2 Å². The number of amides is 1. The summed E-state index contributed by atoms with van der Waals surface area (Å²) in [5.41, 5.74) is 3.64. The van der Waals surface area contributed by atoms with Crippen molar-refractivity contribution in [3.8, 4) is 0 Å². The highest BCUT2D eigenvalue weighted by Gasteiger charge is 2.44. The van der Waals surface area contributed by atoms with Crippen LogP contribution in [0.3, 0.4) is 0 Å². The molecule has 0 bridgehead atoms. The van der Waals surface area contributed by atoms with E-state index in [-0.39, 0.29) is 24.1 Å². The second-order valence-electron chi connectivity index (χ2n) is 8.33. The van der Waals surface area contributed by atoms with Crippen molar-refractivity contribution in [1.82, 2.24) is 4.90 Å². The fraction of sp³-hybridized carbons (Fsp3) is 0.400. The number of rotatable bonds is 7. The van der Waals surface area contributed by atoms with E-state index in [1.54, 1.807) is 6.07 Å². The summed E-state index contributed by atoms with van der Waals surface area (Å²) in [5, 5.41) is 3.67. The molecule has 2 aromatic carbocycles. The number of nitrogens with zero attached hydrogens (tertiary/aromatic N) is 1. The van der Waals surface area contributed by atoms with E-state index < -0.39 is 5.41 Å². The number of carbonyl (C=O) groups is 1. The van der Waals surface area contributed by atoms with Crippen LogP contribution in [0.15, 0.2) is 48.5 Å². The minimum Gasteiger partial charge on any atom is -0.325 e. The van der Waals surface area contributed by atoms with Gasteiger partial charge in [0.25, 0.3) is 0 Å². The fourth-order valence-corrected chi connectivity index (χ4v) is 4.99. The fourth-order valence-electron chi connectivity index (χ4n) is 4.80. The molecule has 0 aliphatic carbocycles. The summed E-state index contributed by atoms with van der Waals surface area (Å²) in [4.78, 5) is 15.2. The van der Waals surface area contributed by atoms with Gasteiger partial charge >= 0.3 is 0 Å². The molecule has 3 nitrogen and oxygen atoms in total. The van der Waals surface area contributed by atoms with E-state index in [4.69, 9.17) is 11.6 Å².